The van der Waals surface area contributed by atoms with E-state index < -0.39 is 0 Å². The Balaban J connectivity index is 2.29. The van der Waals surface area contributed by atoms with Gasteiger partial charge in [-0.1, -0.05) is 32.1 Å². The van der Waals surface area contributed by atoms with Gasteiger partial charge in [-0.3, -0.25) is 0 Å². The van der Waals surface area contributed by atoms with Gasteiger partial charge in [-0.05, 0) is 25.7 Å². The summed E-state index contributed by atoms with van der Waals surface area (Å²) >= 11 is 0. The predicted molar refractivity (Wildman–Crippen MR) is 50.7 cm³/mol. The number of hydrogen-bond donors (Lipinski definition) is 0. The van der Waals surface area contributed by atoms with Crippen molar-refractivity contribution in [1.29, 1.82) is 0 Å². The Hall–Kier alpha value is -0.330. The molecule has 0 amide bonds. The van der Waals surface area contributed by atoms with Gasteiger partial charge in [0.1, 0.15) is 5.78 Å². The number of Topliss-reactive ketones (excluding diaryl/α,β-unsaturated/α-hetero) is 1. The Kier molecular flexibility index (Phi) is 3.77. The molecular weight excluding hydrogens is 148 g/mol. The van der Waals surface area contributed by atoms with E-state index in [1.807, 2.05) is 0 Å². The van der Waals surface area contributed by atoms with Gasteiger partial charge in [0.25, 0.3) is 0 Å². The van der Waals surface area contributed by atoms with E-state index in [1.165, 1.54) is 32.1 Å². The van der Waals surface area contributed by atoms with Gasteiger partial charge in [-0.2, -0.15) is 0 Å². The fourth-order valence-electron chi connectivity index (χ4n) is 2.14. The molecule has 0 aromatic carbocycles. The zero-order valence-electron chi connectivity index (χ0n) is 8.01. The van der Waals surface area contributed by atoms with E-state index in [-0.39, 0.29) is 0 Å². The maximum atomic E-state index is 10.9. The molecule has 0 spiro atoms. The van der Waals surface area contributed by atoms with Gasteiger partial charge in [0, 0.05) is 6.42 Å². The molecule has 1 heteroatoms. The summed E-state index contributed by atoms with van der Waals surface area (Å²) in [5.74, 6) is 1.39. The van der Waals surface area contributed by atoms with Crippen molar-refractivity contribution in [3.05, 3.63) is 6.92 Å². The van der Waals surface area contributed by atoms with E-state index >= 15 is 0 Å². The van der Waals surface area contributed by atoms with Crippen LogP contribution in [-0.2, 0) is 4.79 Å². The molecular formula is C11H19O. The van der Waals surface area contributed by atoms with Crippen LogP contribution >= 0.6 is 0 Å². The molecule has 1 aliphatic rings. The fraction of sp³-hybridized carbons (Fsp3) is 0.818. The molecule has 1 fully saturated rings. The molecule has 1 radical (unpaired) electrons. The van der Waals surface area contributed by atoms with Crippen LogP contribution < -0.4 is 0 Å². The van der Waals surface area contributed by atoms with Gasteiger partial charge in [-0.15, -0.1) is 0 Å². The lowest BCUT2D eigenvalue weighted by Crippen LogP contribution is -2.17. The third-order valence-corrected chi connectivity index (χ3v) is 2.87. The van der Waals surface area contributed by atoms with Crippen molar-refractivity contribution >= 4 is 5.78 Å². The molecule has 0 N–H and O–H groups in total. The van der Waals surface area contributed by atoms with Crippen LogP contribution in [0.4, 0.5) is 0 Å². The molecule has 0 bridgehead atoms. The Morgan fingerprint density at radius 1 is 1.42 bits per heavy atom. The number of hydrogen-bond acceptors (Lipinski definition) is 1. The van der Waals surface area contributed by atoms with Crippen molar-refractivity contribution in [3.8, 4) is 0 Å². The lowest BCUT2D eigenvalue weighted by atomic mass is 9.79. The van der Waals surface area contributed by atoms with Crippen LogP contribution in [-0.4, -0.2) is 5.78 Å². The van der Waals surface area contributed by atoms with E-state index in [0.29, 0.717) is 18.1 Å². The van der Waals surface area contributed by atoms with Crippen LogP contribution in [0.1, 0.15) is 45.4 Å². The van der Waals surface area contributed by atoms with Gasteiger partial charge >= 0.3 is 0 Å². The molecule has 0 heterocycles. The first-order chi connectivity index (χ1) is 5.70. The number of rotatable bonds is 3. The Bertz CT molecular complexity index is 145. The first-order valence-corrected chi connectivity index (χ1v) is 5.02. The van der Waals surface area contributed by atoms with Crippen molar-refractivity contribution in [2.75, 3.05) is 0 Å². The van der Waals surface area contributed by atoms with Crippen LogP contribution in [0.2, 0.25) is 0 Å². The average Bonchev–Trinajstić information content (AvgIpc) is 2.05. The second-order valence-corrected chi connectivity index (χ2v) is 4.06. The van der Waals surface area contributed by atoms with Crippen LogP contribution in [0.3, 0.4) is 0 Å². The largest absolute Gasteiger partial charge is 0.300 e. The highest BCUT2D eigenvalue weighted by atomic mass is 16.1. The molecule has 1 nitrogen and oxygen atoms in total. The van der Waals surface area contributed by atoms with Crippen LogP contribution in [0.15, 0.2) is 0 Å². The standard InChI is InChI=1S/C11H19O/c1-9(8-10(2)12)11-6-4-3-5-7-11/h9,11H,1,3-8H2,2H3. The van der Waals surface area contributed by atoms with Crippen LogP contribution in [0, 0.1) is 18.8 Å². The Morgan fingerprint density at radius 2 is 2.00 bits per heavy atom. The van der Waals surface area contributed by atoms with E-state index in [0.717, 1.165) is 5.92 Å². The van der Waals surface area contributed by atoms with Gasteiger partial charge in [-0.25, -0.2) is 0 Å². The third-order valence-electron chi connectivity index (χ3n) is 2.87. The lowest BCUT2D eigenvalue weighted by molar-refractivity contribution is -0.118. The molecule has 0 aromatic heterocycles. The predicted octanol–water partition coefficient (Wildman–Crippen LogP) is 3.00. The SMILES string of the molecule is [CH2]C(CC(C)=O)C1CCCCC1. The molecule has 0 aliphatic heterocycles. The highest BCUT2D eigenvalue weighted by Gasteiger charge is 2.20. The Labute approximate surface area is 75.5 Å². The van der Waals surface area contributed by atoms with Gasteiger partial charge in [0.15, 0.2) is 0 Å². The van der Waals surface area contributed by atoms with Gasteiger partial charge in [0.2, 0.25) is 0 Å². The van der Waals surface area contributed by atoms with Crippen LogP contribution in [0.5, 0.6) is 0 Å². The monoisotopic (exact) mass is 167 g/mol. The molecule has 0 saturated heterocycles. The molecule has 69 valence electrons. The van der Waals surface area contributed by atoms with Gasteiger partial charge < -0.3 is 4.79 Å². The fourth-order valence-corrected chi connectivity index (χ4v) is 2.14. The van der Waals surface area contributed by atoms with Crippen molar-refractivity contribution in [3.63, 3.8) is 0 Å². The minimum absolute atomic E-state index is 0.292. The summed E-state index contributed by atoms with van der Waals surface area (Å²) in [7, 11) is 0. The summed E-state index contributed by atoms with van der Waals surface area (Å²) in [4.78, 5) is 10.9. The summed E-state index contributed by atoms with van der Waals surface area (Å²) in [5.41, 5.74) is 0. The zero-order valence-corrected chi connectivity index (χ0v) is 8.01. The molecule has 1 rings (SSSR count). The average molecular weight is 167 g/mol. The molecule has 1 atom stereocenters. The molecule has 1 unspecified atom stereocenters. The van der Waals surface area contributed by atoms with E-state index in [2.05, 4.69) is 6.92 Å². The second-order valence-electron chi connectivity index (χ2n) is 4.06. The number of ketones is 1. The lowest BCUT2D eigenvalue weighted by Gasteiger charge is -2.26. The summed E-state index contributed by atoms with van der Waals surface area (Å²) in [6, 6.07) is 0. The summed E-state index contributed by atoms with van der Waals surface area (Å²) in [5, 5.41) is 0. The highest BCUT2D eigenvalue weighted by Crippen LogP contribution is 2.31. The van der Waals surface area contributed by atoms with Crippen molar-refractivity contribution < 1.29 is 4.79 Å². The third kappa shape index (κ3) is 2.96. The smallest absolute Gasteiger partial charge is 0.130 e. The summed E-state index contributed by atoms with van der Waals surface area (Å²) < 4.78 is 0. The maximum Gasteiger partial charge on any atom is 0.130 e. The van der Waals surface area contributed by atoms with Crippen molar-refractivity contribution in [2.24, 2.45) is 11.8 Å². The van der Waals surface area contributed by atoms with E-state index in [1.54, 1.807) is 6.92 Å². The first-order valence-electron chi connectivity index (χ1n) is 5.02. The molecule has 1 aliphatic carbocycles. The summed E-state index contributed by atoms with van der Waals surface area (Å²) in [6.45, 7) is 5.75. The highest BCUT2D eigenvalue weighted by molar-refractivity contribution is 5.75. The molecule has 0 aromatic rings. The number of carbonyl (C=O) groups is 1. The quantitative estimate of drug-likeness (QED) is 0.631. The topological polar surface area (TPSA) is 17.1 Å². The van der Waals surface area contributed by atoms with Crippen molar-refractivity contribution in [1.82, 2.24) is 0 Å². The number of carbonyl (C=O) groups excluding carboxylic acids is 1. The minimum Gasteiger partial charge on any atom is -0.300 e. The minimum atomic E-state index is 0.292. The van der Waals surface area contributed by atoms with Crippen molar-refractivity contribution in [2.45, 2.75) is 45.4 Å². The zero-order chi connectivity index (χ0) is 8.97. The van der Waals surface area contributed by atoms with E-state index in [9.17, 15) is 4.79 Å². The maximum absolute atomic E-state index is 10.9. The first kappa shape index (κ1) is 9.76. The molecule has 12 heavy (non-hydrogen) atoms. The second kappa shape index (κ2) is 4.64. The van der Waals surface area contributed by atoms with Crippen LogP contribution in [0.25, 0.3) is 0 Å². The normalized spacial score (nSPS) is 22.2. The van der Waals surface area contributed by atoms with Gasteiger partial charge in [0.05, 0.1) is 0 Å². The molecule has 1 saturated carbocycles. The van der Waals surface area contributed by atoms with E-state index in [4.69, 9.17) is 0 Å². The Morgan fingerprint density at radius 3 is 2.50 bits per heavy atom. The summed E-state index contributed by atoms with van der Waals surface area (Å²) in [6.07, 6.45) is 7.33.